The summed E-state index contributed by atoms with van der Waals surface area (Å²) >= 11 is 0. The Morgan fingerprint density at radius 2 is 1.81 bits per heavy atom. The molecule has 0 radical (unpaired) electrons. The van der Waals surface area contributed by atoms with Crippen LogP contribution in [0.2, 0.25) is 0 Å². The second-order valence-corrected chi connectivity index (χ2v) is 3.38. The lowest BCUT2D eigenvalue weighted by atomic mass is 10.1. The Morgan fingerprint density at radius 3 is 2.38 bits per heavy atom. The van der Waals surface area contributed by atoms with Gasteiger partial charge in [0.05, 0.1) is 19.9 Å². The average Bonchev–Trinajstić information content (AvgIpc) is 2.29. The highest BCUT2D eigenvalue weighted by molar-refractivity contribution is 5.83. The summed E-state index contributed by atoms with van der Waals surface area (Å²) in [6.07, 6.45) is 0.730. The minimum Gasteiger partial charge on any atom is -0.493 e. The van der Waals surface area contributed by atoms with Gasteiger partial charge in [0.2, 0.25) is 0 Å². The summed E-state index contributed by atoms with van der Waals surface area (Å²) in [6.45, 7) is 1.92. The van der Waals surface area contributed by atoms with E-state index in [-0.39, 0.29) is 0 Å². The van der Waals surface area contributed by atoms with Crippen LogP contribution in [-0.2, 0) is 11.3 Å². The van der Waals surface area contributed by atoms with Crippen LogP contribution in [0.1, 0.15) is 12.5 Å². The summed E-state index contributed by atoms with van der Waals surface area (Å²) < 4.78 is 10.4. The van der Waals surface area contributed by atoms with Crippen LogP contribution in [0.15, 0.2) is 23.4 Å². The van der Waals surface area contributed by atoms with E-state index in [0.717, 1.165) is 29.2 Å². The highest BCUT2D eigenvalue weighted by atomic mass is 16.6. The molecule has 1 aromatic carbocycles. The first-order valence-corrected chi connectivity index (χ1v) is 4.98. The Kier molecular flexibility index (Phi) is 4.64. The van der Waals surface area contributed by atoms with Gasteiger partial charge in [-0.15, -0.1) is 0 Å². The molecule has 0 amide bonds. The van der Waals surface area contributed by atoms with Gasteiger partial charge in [-0.2, -0.15) is 0 Å². The lowest BCUT2D eigenvalue weighted by molar-refractivity contribution is 0.212. The summed E-state index contributed by atoms with van der Waals surface area (Å²) in [5.41, 5.74) is 2.02. The van der Waals surface area contributed by atoms with E-state index in [0.29, 0.717) is 0 Å². The summed E-state index contributed by atoms with van der Waals surface area (Å²) in [4.78, 5) is 4.71. The van der Waals surface area contributed by atoms with Crippen LogP contribution in [0.25, 0.3) is 0 Å². The summed E-state index contributed by atoms with van der Waals surface area (Å²) in [6, 6.07) is 5.80. The van der Waals surface area contributed by atoms with Crippen LogP contribution in [0.4, 0.5) is 0 Å². The third kappa shape index (κ3) is 3.15. The summed E-state index contributed by atoms with van der Waals surface area (Å²) in [5, 5.41) is 3.86. The molecule has 88 valence electrons. The fourth-order valence-corrected chi connectivity index (χ4v) is 1.47. The van der Waals surface area contributed by atoms with E-state index < -0.39 is 0 Å². The maximum absolute atomic E-state index is 5.22. The fourth-order valence-electron chi connectivity index (χ4n) is 1.47. The number of ether oxygens (including phenoxy) is 2. The maximum atomic E-state index is 5.22. The van der Waals surface area contributed by atoms with Crippen molar-refractivity contribution in [1.82, 2.24) is 0 Å². The van der Waals surface area contributed by atoms with E-state index in [9.17, 15) is 0 Å². The molecular formula is C12H17NO3. The van der Waals surface area contributed by atoms with E-state index in [2.05, 4.69) is 5.16 Å². The number of rotatable bonds is 5. The van der Waals surface area contributed by atoms with Crippen molar-refractivity contribution in [3.05, 3.63) is 23.8 Å². The SMILES string of the molecule is CO/N=C(/C)Cc1ccc(OC)c(OC)c1. The van der Waals surface area contributed by atoms with Gasteiger partial charge in [-0.3, -0.25) is 0 Å². The molecule has 16 heavy (non-hydrogen) atoms. The van der Waals surface area contributed by atoms with Gasteiger partial charge in [-0.1, -0.05) is 11.2 Å². The summed E-state index contributed by atoms with van der Waals surface area (Å²) in [5.74, 6) is 1.46. The molecule has 0 bridgehead atoms. The molecule has 0 aliphatic carbocycles. The van der Waals surface area contributed by atoms with Gasteiger partial charge in [0.1, 0.15) is 7.11 Å². The zero-order valence-corrected chi connectivity index (χ0v) is 10.1. The molecule has 4 heteroatoms. The van der Waals surface area contributed by atoms with Gasteiger partial charge < -0.3 is 14.3 Å². The van der Waals surface area contributed by atoms with Crippen molar-refractivity contribution in [3.63, 3.8) is 0 Å². The van der Waals surface area contributed by atoms with Crippen molar-refractivity contribution in [2.45, 2.75) is 13.3 Å². The van der Waals surface area contributed by atoms with E-state index >= 15 is 0 Å². The lowest BCUT2D eigenvalue weighted by Gasteiger charge is -2.09. The average molecular weight is 223 g/mol. The first-order valence-electron chi connectivity index (χ1n) is 4.98. The largest absolute Gasteiger partial charge is 0.493 e. The predicted octanol–water partition coefficient (Wildman–Crippen LogP) is 2.27. The Bertz CT molecular complexity index is 375. The molecule has 0 saturated carbocycles. The summed E-state index contributed by atoms with van der Waals surface area (Å²) in [7, 11) is 4.78. The van der Waals surface area contributed by atoms with Crippen molar-refractivity contribution in [1.29, 1.82) is 0 Å². The van der Waals surface area contributed by atoms with Crippen LogP contribution in [0.3, 0.4) is 0 Å². The zero-order valence-electron chi connectivity index (χ0n) is 10.1. The molecule has 0 heterocycles. The zero-order chi connectivity index (χ0) is 12.0. The van der Waals surface area contributed by atoms with Gasteiger partial charge in [-0.25, -0.2) is 0 Å². The third-order valence-electron chi connectivity index (χ3n) is 2.16. The molecule has 4 nitrogen and oxygen atoms in total. The van der Waals surface area contributed by atoms with E-state index in [1.54, 1.807) is 14.2 Å². The number of hydrogen-bond acceptors (Lipinski definition) is 4. The molecule has 0 aliphatic heterocycles. The van der Waals surface area contributed by atoms with Crippen LogP contribution in [-0.4, -0.2) is 27.0 Å². The molecule has 0 fully saturated rings. The normalized spacial score (nSPS) is 11.1. The maximum Gasteiger partial charge on any atom is 0.160 e. The molecule has 0 aromatic heterocycles. The Balaban J connectivity index is 2.87. The van der Waals surface area contributed by atoms with Crippen molar-refractivity contribution in [3.8, 4) is 11.5 Å². The van der Waals surface area contributed by atoms with Gasteiger partial charge in [0.25, 0.3) is 0 Å². The Morgan fingerprint density at radius 1 is 1.12 bits per heavy atom. The van der Waals surface area contributed by atoms with E-state index in [1.807, 2.05) is 25.1 Å². The number of methoxy groups -OCH3 is 2. The first-order chi connectivity index (χ1) is 7.71. The third-order valence-corrected chi connectivity index (χ3v) is 2.16. The van der Waals surface area contributed by atoms with E-state index in [4.69, 9.17) is 14.3 Å². The second-order valence-electron chi connectivity index (χ2n) is 3.38. The van der Waals surface area contributed by atoms with Crippen molar-refractivity contribution in [2.24, 2.45) is 5.16 Å². The second kappa shape index (κ2) is 6.00. The molecule has 0 saturated heterocycles. The molecule has 0 N–H and O–H groups in total. The van der Waals surface area contributed by atoms with Gasteiger partial charge in [-0.05, 0) is 24.6 Å². The smallest absolute Gasteiger partial charge is 0.160 e. The van der Waals surface area contributed by atoms with Crippen LogP contribution in [0.5, 0.6) is 11.5 Å². The molecule has 0 unspecified atom stereocenters. The monoisotopic (exact) mass is 223 g/mol. The van der Waals surface area contributed by atoms with Crippen LogP contribution >= 0.6 is 0 Å². The molecular weight excluding hydrogens is 206 g/mol. The Hall–Kier alpha value is -1.71. The highest BCUT2D eigenvalue weighted by Crippen LogP contribution is 2.27. The number of oxime groups is 1. The number of hydrogen-bond donors (Lipinski definition) is 0. The minimum absolute atomic E-state index is 0.727. The van der Waals surface area contributed by atoms with E-state index in [1.165, 1.54) is 7.11 Å². The first kappa shape index (κ1) is 12.4. The van der Waals surface area contributed by atoms with Crippen LogP contribution < -0.4 is 9.47 Å². The molecule has 1 aromatic rings. The standard InChI is InChI=1S/C12H17NO3/c1-9(13-16-4)7-10-5-6-11(14-2)12(8-10)15-3/h5-6,8H,7H2,1-4H3/b13-9-. The van der Waals surface area contributed by atoms with Gasteiger partial charge in [0.15, 0.2) is 11.5 Å². The lowest BCUT2D eigenvalue weighted by Crippen LogP contribution is -1.99. The predicted molar refractivity (Wildman–Crippen MR) is 63.4 cm³/mol. The minimum atomic E-state index is 0.727. The molecule has 1 rings (SSSR count). The molecule has 0 aliphatic rings. The topological polar surface area (TPSA) is 40.0 Å². The highest BCUT2D eigenvalue weighted by Gasteiger charge is 2.05. The van der Waals surface area contributed by atoms with Gasteiger partial charge in [0, 0.05) is 6.42 Å². The Labute approximate surface area is 95.8 Å². The molecule has 0 spiro atoms. The quantitative estimate of drug-likeness (QED) is 0.568. The van der Waals surface area contributed by atoms with Crippen molar-refractivity contribution >= 4 is 5.71 Å². The van der Waals surface area contributed by atoms with Crippen LogP contribution in [0, 0.1) is 0 Å². The number of nitrogens with zero attached hydrogens (tertiary/aromatic N) is 1. The number of benzene rings is 1. The van der Waals surface area contributed by atoms with Gasteiger partial charge >= 0.3 is 0 Å². The fraction of sp³-hybridized carbons (Fsp3) is 0.417. The van der Waals surface area contributed by atoms with Crippen molar-refractivity contribution < 1.29 is 14.3 Å². The molecule has 0 atom stereocenters. The van der Waals surface area contributed by atoms with Crippen molar-refractivity contribution in [2.75, 3.05) is 21.3 Å².